The number of aliphatic hydroxyl groups excluding tert-OH is 1. The van der Waals surface area contributed by atoms with Crippen LogP contribution in [-0.2, 0) is 13.0 Å². The minimum Gasteiger partial charge on any atom is -0.491 e. The van der Waals surface area contributed by atoms with E-state index in [2.05, 4.69) is 39.8 Å². The zero-order valence-corrected chi connectivity index (χ0v) is 16.9. The Balaban J connectivity index is 1.26. The lowest BCUT2D eigenvalue weighted by molar-refractivity contribution is 0.126. The van der Waals surface area contributed by atoms with Crippen LogP contribution in [0.2, 0.25) is 0 Å². The van der Waals surface area contributed by atoms with Crippen LogP contribution in [0.15, 0.2) is 71.5 Å². The number of rotatable bonds is 9. The minimum atomic E-state index is -0.584. The molecule has 144 valence electrons. The standard InChI is InChI=1S/C21H21N3O2S2/c25-18(13-26-19-8-7-16-4-1-2-5-17(16)12-19)14-28-21-23-22-15-24(21)10-9-20-6-3-11-27-20/h1-8,11-12,15,18,25H,9-10,13-14H2. The van der Waals surface area contributed by atoms with Gasteiger partial charge in [-0.05, 0) is 40.8 Å². The van der Waals surface area contributed by atoms with Gasteiger partial charge in [0.15, 0.2) is 5.16 Å². The molecular weight excluding hydrogens is 390 g/mol. The second kappa shape index (κ2) is 9.23. The first-order valence-electron chi connectivity index (χ1n) is 9.10. The molecule has 0 radical (unpaired) electrons. The van der Waals surface area contributed by atoms with E-state index >= 15 is 0 Å². The summed E-state index contributed by atoms with van der Waals surface area (Å²) in [6, 6.07) is 18.3. The number of hydrogen-bond donors (Lipinski definition) is 1. The van der Waals surface area contributed by atoms with E-state index in [1.54, 1.807) is 17.7 Å². The molecule has 0 saturated heterocycles. The number of thioether (sulfide) groups is 1. The van der Waals surface area contributed by atoms with Gasteiger partial charge in [0.2, 0.25) is 0 Å². The first kappa shape index (κ1) is 19.0. The monoisotopic (exact) mass is 411 g/mol. The van der Waals surface area contributed by atoms with Crippen LogP contribution < -0.4 is 4.74 Å². The highest BCUT2D eigenvalue weighted by atomic mass is 32.2. The molecule has 0 bridgehead atoms. The van der Waals surface area contributed by atoms with Crippen molar-refractivity contribution in [1.29, 1.82) is 0 Å². The summed E-state index contributed by atoms with van der Waals surface area (Å²) in [5.74, 6) is 1.27. The Labute approximate surface area is 172 Å². The molecule has 4 rings (SSSR count). The van der Waals surface area contributed by atoms with Gasteiger partial charge in [-0.1, -0.05) is 48.2 Å². The molecule has 5 nitrogen and oxygen atoms in total. The number of benzene rings is 2. The zero-order chi connectivity index (χ0) is 19.2. The van der Waals surface area contributed by atoms with Crippen molar-refractivity contribution in [3.05, 3.63) is 71.2 Å². The molecular formula is C21H21N3O2S2. The summed E-state index contributed by atoms with van der Waals surface area (Å²) in [5, 5.41) is 23.7. The second-order valence-electron chi connectivity index (χ2n) is 6.42. The molecule has 2 aromatic heterocycles. The lowest BCUT2D eigenvalue weighted by Crippen LogP contribution is -2.20. The average Bonchev–Trinajstić information content (AvgIpc) is 3.40. The van der Waals surface area contributed by atoms with Crippen molar-refractivity contribution in [2.45, 2.75) is 24.2 Å². The van der Waals surface area contributed by atoms with Gasteiger partial charge in [0.05, 0.1) is 6.10 Å². The third-order valence-corrected chi connectivity index (χ3v) is 6.39. The van der Waals surface area contributed by atoms with E-state index in [0.29, 0.717) is 5.75 Å². The highest BCUT2D eigenvalue weighted by molar-refractivity contribution is 7.99. The summed E-state index contributed by atoms with van der Waals surface area (Å²) in [6.07, 6.45) is 2.11. The normalized spacial score (nSPS) is 12.3. The molecule has 0 aliphatic carbocycles. The largest absolute Gasteiger partial charge is 0.491 e. The fourth-order valence-corrected chi connectivity index (χ4v) is 4.41. The third kappa shape index (κ3) is 4.92. The van der Waals surface area contributed by atoms with Crippen LogP contribution in [0.25, 0.3) is 10.8 Å². The van der Waals surface area contributed by atoms with Crippen LogP contribution in [0.3, 0.4) is 0 Å². The van der Waals surface area contributed by atoms with Crippen LogP contribution >= 0.6 is 23.1 Å². The first-order chi connectivity index (χ1) is 13.8. The first-order valence-corrected chi connectivity index (χ1v) is 11.0. The molecule has 0 saturated carbocycles. The van der Waals surface area contributed by atoms with Gasteiger partial charge in [-0.15, -0.1) is 21.5 Å². The molecule has 0 amide bonds. The predicted molar refractivity (Wildman–Crippen MR) is 114 cm³/mol. The van der Waals surface area contributed by atoms with Crippen LogP contribution in [0.5, 0.6) is 5.75 Å². The SMILES string of the molecule is OC(COc1ccc2ccccc2c1)CSc1nncn1CCc1cccs1. The fourth-order valence-electron chi connectivity index (χ4n) is 2.86. The van der Waals surface area contributed by atoms with Gasteiger partial charge in [-0.3, -0.25) is 0 Å². The molecule has 7 heteroatoms. The molecule has 28 heavy (non-hydrogen) atoms. The quantitative estimate of drug-likeness (QED) is 0.417. The van der Waals surface area contributed by atoms with Crippen molar-refractivity contribution in [3.8, 4) is 5.75 Å². The molecule has 0 aliphatic rings. The van der Waals surface area contributed by atoms with Crippen LogP contribution in [0, 0.1) is 0 Å². The number of hydrogen-bond acceptors (Lipinski definition) is 6. The van der Waals surface area contributed by atoms with E-state index in [9.17, 15) is 5.11 Å². The summed E-state index contributed by atoms with van der Waals surface area (Å²) in [6.45, 7) is 1.08. The Bertz CT molecular complexity index is 1020. The van der Waals surface area contributed by atoms with E-state index in [0.717, 1.165) is 29.3 Å². The molecule has 0 fully saturated rings. The van der Waals surface area contributed by atoms with Crippen molar-refractivity contribution >= 4 is 33.9 Å². The van der Waals surface area contributed by atoms with Crippen molar-refractivity contribution in [2.24, 2.45) is 0 Å². The van der Waals surface area contributed by atoms with Gasteiger partial charge in [0.25, 0.3) is 0 Å². The molecule has 0 aliphatic heterocycles. The zero-order valence-electron chi connectivity index (χ0n) is 15.3. The van der Waals surface area contributed by atoms with Crippen molar-refractivity contribution in [1.82, 2.24) is 14.8 Å². The van der Waals surface area contributed by atoms with Gasteiger partial charge in [-0.2, -0.15) is 0 Å². The van der Waals surface area contributed by atoms with Gasteiger partial charge in [-0.25, -0.2) is 0 Å². The number of aryl methyl sites for hydroxylation is 2. The number of fused-ring (bicyclic) bond motifs is 1. The molecule has 2 heterocycles. The van der Waals surface area contributed by atoms with Crippen LogP contribution in [0.4, 0.5) is 0 Å². The number of aromatic nitrogens is 3. The summed E-state index contributed by atoms with van der Waals surface area (Å²) >= 11 is 3.26. The van der Waals surface area contributed by atoms with E-state index in [1.165, 1.54) is 22.0 Å². The Morgan fingerprint density at radius 2 is 2.00 bits per heavy atom. The maximum Gasteiger partial charge on any atom is 0.191 e. The van der Waals surface area contributed by atoms with Gasteiger partial charge >= 0.3 is 0 Å². The molecule has 2 aromatic carbocycles. The van der Waals surface area contributed by atoms with E-state index in [1.807, 2.05) is 34.9 Å². The topological polar surface area (TPSA) is 60.2 Å². The molecule has 0 spiro atoms. The van der Waals surface area contributed by atoms with E-state index in [-0.39, 0.29) is 6.61 Å². The van der Waals surface area contributed by atoms with Gasteiger partial charge in [0, 0.05) is 17.2 Å². The lowest BCUT2D eigenvalue weighted by Gasteiger charge is -2.13. The summed E-state index contributed by atoms with van der Waals surface area (Å²) in [5.41, 5.74) is 0. The minimum absolute atomic E-state index is 0.245. The summed E-state index contributed by atoms with van der Waals surface area (Å²) < 4.78 is 7.80. The number of thiophene rings is 1. The van der Waals surface area contributed by atoms with Crippen LogP contribution in [-0.4, -0.2) is 38.3 Å². The van der Waals surface area contributed by atoms with Crippen molar-refractivity contribution in [2.75, 3.05) is 12.4 Å². The third-order valence-electron chi connectivity index (χ3n) is 4.33. The molecule has 4 aromatic rings. The molecule has 1 unspecified atom stereocenters. The Morgan fingerprint density at radius 3 is 2.86 bits per heavy atom. The predicted octanol–water partition coefficient (Wildman–Crippen LogP) is 4.27. The summed E-state index contributed by atoms with van der Waals surface area (Å²) in [4.78, 5) is 1.34. The average molecular weight is 412 g/mol. The van der Waals surface area contributed by atoms with Gasteiger partial charge in [0.1, 0.15) is 18.7 Å². The fraction of sp³-hybridized carbons (Fsp3) is 0.238. The van der Waals surface area contributed by atoms with E-state index < -0.39 is 6.10 Å². The lowest BCUT2D eigenvalue weighted by atomic mass is 10.1. The number of nitrogens with zero attached hydrogens (tertiary/aromatic N) is 3. The van der Waals surface area contributed by atoms with Crippen LogP contribution in [0.1, 0.15) is 4.88 Å². The maximum absolute atomic E-state index is 10.3. The Morgan fingerprint density at radius 1 is 1.11 bits per heavy atom. The smallest absolute Gasteiger partial charge is 0.191 e. The van der Waals surface area contributed by atoms with Crippen molar-refractivity contribution in [3.63, 3.8) is 0 Å². The highest BCUT2D eigenvalue weighted by Gasteiger charge is 2.11. The molecule has 1 atom stereocenters. The van der Waals surface area contributed by atoms with Gasteiger partial charge < -0.3 is 14.4 Å². The Hall–Kier alpha value is -2.35. The number of aliphatic hydroxyl groups is 1. The Kier molecular flexibility index (Phi) is 6.26. The maximum atomic E-state index is 10.3. The molecule has 1 N–H and O–H groups in total. The van der Waals surface area contributed by atoms with E-state index in [4.69, 9.17) is 4.74 Å². The summed E-state index contributed by atoms with van der Waals surface area (Å²) in [7, 11) is 0. The van der Waals surface area contributed by atoms with Crippen molar-refractivity contribution < 1.29 is 9.84 Å². The second-order valence-corrected chi connectivity index (χ2v) is 8.44. The highest BCUT2D eigenvalue weighted by Crippen LogP contribution is 2.22. The number of ether oxygens (including phenoxy) is 1.